The summed E-state index contributed by atoms with van der Waals surface area (Å²) in [6, 6.07) is 10.6. The largest absolute Gasteiger partial charge is 0.482 e. The van der Waals surface area contributed by atoms with Crippen molar-refractivity contribution in [2.24, 2.45) is 0 Å². The van der Waals surface area contributed by atoms with Crippen LogP contribution < -0.4 is 15.4 Å². The van der Waals surface area contributed by atoms with E-state index in [1.165, 1.54) is 25.5 Å². The van der Waals surface area contributed by atoms with Gasteiger partial charge in [-0.05, 0) is 62.6 Å². The zero-order valence-corrected chi connectivity index (χ0v) is 16.9. The van der Waals surface area contributed by atoms with Gasteiger partial charge in [0.05, 0.1) is 11.7 Å². The molecule has 0 spiro atoms. The van der Waals surface area contributed by atoms with Crippen LogP contribution in [-0.2, 0) is 9.59 Å². The second kappa shape index (κ2) is 9.17. The van der Waals surface area contributed by atoms with Crippen molar-refractivity contribution in [3.05, 3.63) is 58.7 Å². The van der Waals surface area contributed by atoms with E-state index in [0.29, 0.717) is 11.3 Å². The average Bonchev–Trinajstić information content (AvgIpc) is 2.62. The minimum atomic E-state index is -0.298. The van der Waals surface area contributed by atoms with Crippen LogP contribution in [0.5, 0.6) is 5.75 Å². The van der Waals surface area contributed by atoms with Crippen LogP contribution in [0.3, 0.4) is 0 Å². The second-order valence-corrected chi connectivity index (χ2v) is 6.87. The number of hydrogen-bond donors (Lipinski definition) is 2. The molecule has 6 heteroatoms. The molecule has 0 bridgehead atoms. The lowest BCUT2D eigenvalue weighted by Crippen LogP contribution is -2.31. The Labute approximate surface area is 165 Å². The maximum absolute atomic E-state index is 12.3. The van der Waals surface area contributed by atoms with Gasteiger partial charge in [-0.2, -0.15) is 0 Å². The average molecular weight is 382 g/mol. The Kier molecular flexibility index (Phi) is 6.93. The topological polar surface area (TPSA) is 84.5 Å². The number of ether oxygens (including phenoxy) is 1. The number of nitrogens with one attached hydrogen (secondary N) is 2. The Balaban J connectivity index is 2.06. The highest BCUT2D eigenvalue weighted by Gasteiger charge is 2.14. The number of hydrogen-bond acceptors (Lipinski definition) is 4. The second-order valence-electron chi connectivity index (χ2n) is 6.87. The summed E-state index contributed by atoms with van der Waals surface area (Å²) in [7, 11) is 0. The number of rotatable bonds is 7. The molecule has 1 unspecified atom stereocenters. The highest BCUT2D eigenvalue weighted by Crippen LogP contribution is 2.26. The first kappa shape index (κ1) is 21.2. The Bertz CT molecular complexity index is 905. The smallest absolute Gasteiger partial charge is 0.258 e. The van der Waals surface area contributed by atoms with Gasteiger partial charge in [0, 0.05) is 12.5 Å². The summed E-state index contributed by atoms with van der Waals surface area (Å²) in [5, 5.41) is 5.53. The summed E-state index contributed by atoms with van der Waals surface area (Å²) in [5.74, 6) is -0.426. The molecule has 0 fully saturated rings. The lowest BCUT2D eigenvalue weighted by Gasteiger charge is -2.17. The third-order valence-corrected chi connectivity index (χ3v) is 4.47. The molecule has 2 N–H and O–H groups in total. The molecule has 0 aliphatic rings. The van der Waals surface area contributed by atoms with Crippen molar-refractivity contribution in [3.8, 4) is 5.75 Å². The SMILES string of the molecule is CC(=O)Nc1ccc(C(C)=O)cc1OCC(=O)NC(C)c1ccc(C)c(C)c1. The van der Waals surface area contributed by atoms with E-state index in [4.69, 9.17) is 4.74 Å². The molecule has 0 aliphatic heterocycles. The van der Waals surface area contributed by atoms with Gasteiger partial charge in [-0.1, -0.05) is 18.2 Å². The Morgan fingerprint density at radius 1 is 1.00 bits per heavy atom. The van der Waals surface area contributed by atoms with E-state index in [9.17, 15) is 14.4 Å². The van der Waals surface area contributed by atoms with Crippen molar-refractivity contribution < 1.29 is 19.1 Å². The van der Waals surface area contributed by atoms with E-state index in [2.05, 4.69) is 10.6 Å². The van der Waals surface area contributed by atoms with E-state index < -0.39 is 0 Å². The van der Waals surface area contributed by atoms with Gasteiger partial charge < -0.3 is 15.4 Å². The maximum Gasteiger partial charge on any atom is 0.258 e. The highest BCUT2D eigenvalue weighted by molar-refractivity contribution is 5.96. The summed E-state index contributed by atoms with van der Waals surface area (Å²) in [5.41, 5.74) is 4.21. The van der Waals surface area contributed by atoms with Crippen LogP contribution in [0, 0.1) is 13.8 Å². The number of aryl methyl sites for hydroxylation is 2. The van der Waals surface area contributed by atoms with Crippen molar-refractivity contribution in [1.82, 2.24) is 5.32 Å². The molecule has 0 heterocycles. The molecule has 0 aliphatic carbocycles. The lowest BCUT2D eigenvalue weighted by molar-refractivity contribution is -0.123. The monoisotopic (exact) mass is 382 g/mol. The molecule has 0 aromatic heterocycles. The van der Waals surface area contributed by atoms with Gasteiger partial charge >= 0.3 is 0 Å². The Morgan fingerprint density at radius 2 is 1.71 bits per heavy atom. The lowest BCUT2D eigenvalue weighted by atomic mass is 10.0. The summed E-state index contributed by atoms with van der Waals surface area (Å²) >= 11 is 0. The Hall–Kier alpha value is -3.15. The van der Waals surface area contributed by atoms with Gasteiger partial charge in [0.15, 0.2) is 12.4 Å². The van der Waals surface area contributed by atoms with Gasteiger partial charge in [0.2, 0.25) is 5.91 Å². The zero-order valence-electron chi connectivity index (χ0n) is 16.9. The molecule has 0 saturated carbocycles. The first-order valence-corrected chi connectivity index (χ1v) is 9.09. The predicted octanol–water partition coefficient (Wildman–Crippen LogP) is 3.72. The molecular weight excluding hydrogens is 356 g/mol. The minimum absolute atomic E-state index is 0.132. The minimum Gasteiger partial charge on any atom is -0.482 e. The first-order valence-electron chi connectivity index (χ1n) is 9.09. The highest BCUT2D eigenvalue weighted by atomic mass is 16.5. The fourth-order valence-corrected chi connectivity index (χ4v) is 2.70. The fraction of sp³-hybridized carbons (Fsp3) is 0.318. The van der Waals surface area contributed by atoms with Crippen LogP contribution in [0.15, 0.2) is 36.4 Å². The number of ketones is 1. The van der Waals surface area contributed by atoms with Crippen LogP contribution >= 0.6 is 0 Å². The van der Waals surface area contributed by atoms with E-state index in [1.54, 1.807) is 12.1 Å². The molecule has 0 radical (unpaired) electrons. The third kappa shape index (κ3) is 5.67. The van der Waals surface area contributed by atoms with Gasteiger partial charge in [-0.15, -0.1) is 0 Å². The number of carbonyl (C=O) groups excluding carboxylic acids is 3. The summed E-state index contributed by atoms with van der Waals surface area (Å²) < 4.78 is 5.59. The first-order chi connectivity index (χ1) is 13.2. The van der Waals surface area contributed by atoms with Crippen molar-refractivity contribution >= 4 is 23.3 Å². The molecule has 2 aromatic carbocycles. The molecule has 2 amide bonds. The van der Waals surface area contributed by atoms with Crippen LogP contribution in [-0.4, -0.2) is 24.2 Å². The van der Waals surface area contributed by atoms with Gasteiger partial charge in [0.25, 0.3) is 5.91 Å². The third-order valence-electron chi connectivity index (χ3n) is 4.47. The number of anilines is 1. The van der Waals surface area contributed by atoms with Crippen molar-refractivity contribution in [2.75, 3.05) is 11.9 Å². The van der Waals surface area contributed by atoms with Crippen molar-refractivity contribution in [2.45, 2.75) is 40.7 Å². The van der Waals surface area contributed by atoms with Crippen LogP contribution in [0.2, 0.25) is 0 Å². The molecule has 6 nitrogen and oxygen atoms in total. The maximum atomic E-state index is 12.3. The molecule has 28 heavy (non-hydrogen) atoms. The molecule has 1 atom stereocenters. The predicted molar refractivity (Wildman–Crippen MR) is 109 cm³/mol. The number of Topliss-reactive ketones (excluding diaryl/α,β-unsaturated/α-hetero) is 1. The fourth-order valence-electron chi connectivity index (χ4n) is 2.70. The summed E-state index contributed by atoms with van der Waals surface area (Å²) in [4.78, 5) is 35.3. The quantitative estimate of drug-likeness (QED) is 0.715. The summed E-state index contributed by atoms with van der Waals surface area (Å²) in [6.07, 6.45) is 0. The standard InChI is InChI=1S/C22H26N2O4/c1-13-6-7-18(10-14(13)2)15(3)23-22(27)12-28-21-11-19(16(4)25)8-9-20(21)24-17(5)26/h6-11,15H,12H2,1-5H3,(H,23,27)(H,24,26). The van der Waals surface area contributed by atoms with Gasteiger partial charge in [0.1, 0.15) is 5.75 Å². The zero-order chi connectivity index (χ0) is 20.8. The summed E-state index contributed by atoms with van der Waals surface area (Å²) in [6.45, 7) is 8.56. The molecule has 2 rings (SSSR count). The number of carbonyl (C=O) groups is 3. The van der Waals surface area contributed by atoms with Crippen LogP contribution in [0.4, 0.5) is 5.69 Å². The van der Waals surface area contributed by atoms with Crippen LogP contribution in [0.1, 0.15) is 53.9 Å². The number of benzene rings is 2. The van der Waals surface area contributed by atoms with Crippen LogP contribution in [0.25, 0.3) is 0 Å². The van der Waals surface area contributed by atoms with E-state index in [1.807, 2.05) is 39.0 Å². The normalized spacial score (nSPS) is 11.5. The molecule has 148 valence electrons. The van der Waals surface area contributed by atoms with Crippen molar-refractivity contribution in [3.63, 3.8) is 0 Å². The van der Waals surface area contributed by atoms with E-state index in [0.717, 1.165) is 11.1 Å². The van der Waals surface area contributed by atoms with Gasteiger partial charge in [-0.25, -0.2) is 0 Å². The molecule has 2 aromatic rings. The van der Waals surface area contributed by atoms with E-state index >= 15 is 0 Å². The van der Waals surface area contributed by atoms with Gasteiger partial charge in [-0.3, -0.25) is 14.4 Å². The molecule has 0 saturated heterocycles. The Morgan fingerprint density at radius 3 is 2.32 bits per heavy atom. The molecular formula is C22H26N2O4. The number of amides is 2. The van der Waals surface area contributed by atoms with Crippen molar-refractivity contribution in [1.29, 1.82) is 0 Å². The van der Waals surface area contributed by atoms with E-state index in [-0.39, 0.29) is 36.0 Å².